The molecule has 88 valence electrons. The van der Waals surface area contributed by atoms with Crippen molar-refractivity contribution in [1.82, 2.24) is 5.32 Å². The van der Waals surface area contributed by atoms with Gasteiger partial charge in [0.15, 0.2) is 0 Å². The largest absolute Gasteiger partial charge is 0.355 e. The molecule has 1 atom stereocenters. The van der Waals surface area contributed by atoms with Gasteiger partial charge in [-0.1, -0.05) is 32.9 Å². The summed E-state index contributed by atoms with van der Waals surface area (Å²) in [5.41, 5.74) is 1.03. The number of hydrogen-bond acceptors (Lipinski definition) is 1. The maximum atomic E-state index is 12.7. The van der Waals surface area contributed by atoms with Crippen LogP contribution >= 0.6 is 0 Å². The van der Waals surface area contributed by atoms with E-state index >= 15 is 0 Å². The zero-order valence-electron chi connectivity index (χ0n) is 9.96. The summed E-state index contributed by atoms with van der Waals surface area (Å²) in [7, 11) is 0. The maximum absolute atomic E-state index is 12.7. The minimum Gasteiger partial charge on any atom is -0.355 e. The van der Waals surface area contributed by atoms with Crippen LogP contribution in [0.1, 0.15) is 32.3 Å². The Morgan fingerprint density at radius 3 is 2.31 bits per heavy atom. The molecule has 0 heterocycles. The molecule has 1 aromatic rings. The number of halogens is 1. The molecule has 1 aromatic carbocycles. The van der Waals surface area contributed by atoms with E-state index in [1.807, 2.05) is 20.8 Å². The first-order chi connectivity index (χ1) is 7.50. The molecule has 1 unspecified atom stereocenters. The Morgan fingerprint density at radius 2 is 1.81 bits per heavy atom. The van der Waals surface area contributed by atoms with E-state index in [1.165, 1.54) is 12.1 Å². The summed E-state index contributed by atoms with van der Waals surface area (Å²) in [6.45, 7) is 6.31. The van der Waals surface area contributed by atoms with Crippen LogP contribution in [0.2, 0.25) is 0 Å². The monoisotopic (exact) mass is 223 g/mol. The van der Waals surface area contributed by atoms with Gasteiger partial charge in [-0.3, -0.25) is 4.79 Å². The third-order valence-electron chi connectivity index (χ3n) is 2.55. The fraction of sp³-hybridized carbons (Fsp3) is 0.462. The van der Waals surface area contributed by atoms with Crippen molar-refractivity contribution in [1.29, 1.82) is 0 Å². The van der Waals surface area contributed by atoms with Gasteiger partial charge in [0.2, 0.25) is 5.91 Å². The highest BCUT2D eigenvalue weighted by molar-refractivity contribution is 5.77. The number of benzene rings is 1. The van der Waals surface area contributed by atoms with E-state index in [4.69, 9.17) is 0 Å². The van der Waals surface area contributed by atoms with Crippen molar-refractivity contribution in [3.05, 3.63) is 35.6 Å². The van der Waals surface area contributed by atoms with Gasteiger partial charge in [-0.05, 0) is 23.6 Å². The van der Waals surface area contributed by atoms with Crippen LogP contribution in [0.5, 0.6) is 0 Å². The number of hydrogen-bond donors (Lipinski definition) is 1. The lowest BCUT2D eigenvalue weighted by Crippen LogP contribution is -2.30. The Kier molecular flexibility index (Phi) is 4.47. The van der Waals surface area contributed by atoms with Crippen LogP contribution in [0.25, 0.3) is 0 Å². The first kappa shape index (κ1) is 12.7. The molecule has 0 saturated heterocycles. The molecular weight excluding hydrogens is 205 g/mol. The van der Waals surface area contributed by atoms with Gasteiger partial charge >= 0.3 is 0 Å². The smallest absolute Gasteiger partial charge is 0.222 e. The summed E-state index contributed by atoms with van der Waals surface area (Å²) in [6.07, 6.45) is 0. The lowest BCUT2D eigenvalue weighted by atomic mass is 10.0. The van der Waals surface area contributed by atoms with Crippen LogP contribution in [0.3, 0.4) is 0 Å². The van der Waals surface area contributed by atoms with E-state index in [9.17, 15) is 9.18 Å². The molecule has 0 saturated carbocycles. The number of rotatable bonds is 4. The van der Waals surface area contributed by atoms with Gasteiger partial charge in [-0.15, -0.1) is 0 Å². The summed E-state index contributed by atoms with van der Waals surface area (Å²) in [6, 6.07) is 6.38. The van der Waals surface area contributed by atoms with Gasteiger partial charge in [0.25, 0.3) is 0 Å². The molecule has 0 aliphatic heterocycles. The fourth-order valence-electron chi connectivity index (χ4n) is 1.37. The molecule has 0 fully saturated rings. The zero-order valence-corrected chi connectivity index (χ0v) is 9.96. The molecule has 1 N–H and O–H groups in total. The molecule has 0 aliphatic rings. The predicted molar refractivity (Wildman–Crippen MR) is 62.7 cm³/mol. The summed E-state index contributed by atoms with van der Waals surface area (Å²) >= 11 is 0. The van der Waals surface area contributed by atoms with Crippen LogP contribution in [0.15, 0.2) is 24.3 Å². The van der Waals surface area contributed by atoms with Crippen molar-refractivity contribution in [2.45, 2.75) is 26.7 Å². The van der Waals surface area contributed by atoms with Gasteiger partial charge in [0, 0.05) is 12.5 Å². The SMILES string of the molecule is CC(C)C(=O)NCC(C)c1ccc(F)cc1. The van der Waals surface area contributed by atoms with Crippen molar-refractivity contribution in [2.75, 3.05) is 6.54 Å². The number of nitrogens with one attached hydrogen (secondary N) is 1. The Balaban J connectivity index is 2.49. The second kappa shape index (κ2) is 5.64. The van der Waals surface area contributed by atoms with Crippen LogP contribution in [-0.2, 0) is 4.79 Å². The summed E-state index contributed by atoms with van der Waals surface area (Å²) in [5, 5.41) is 2.86. The normalized spacial score (nSPS) is 12.6. The van der Waals surface area contributed by atoms with Crippen molar-refractivity contribution in [2.24, 2.45) is 5.92 Å². The molecular formula is C13H18FNO. The van der Waals surface area contributed by atoms with Gasteiger partial charge in [0.1, 0.15) is 5.82 Å². The molecule has 1 rings (SSSR count). The molecule has 3 heteroatoms. The molecule has 0 aromatic heterocycles. The van der Waals surface area contributed by atoms with Gasteiger partial charge in [-0.2, -0.15) is 0 Å². The van der Waals surface area contributed by atoms with E-state index in [-0.39, 0.29) is 23.6 Å². The number of carbonyl (C=O) groups excluding carboxylic acids is 1. The zero-order chi connectivity index (χ0) is 12.1. The Bertz CT molecular complexity index is 345. The van der Waals surface area contributed by atoms with Crippen LogP contribution in [-0.4, -0.2) is 12.5 Å². The Hall–Kier alpha value is -1.38. The lowest BCUT2D eigenvalue weighted by Gasteiger charge is -2.14. The minimum atomic E-state index is -0.234. The average molecular weight is 223 g/mol. The Morgan fingerprint density at radius 1 is 1.25 bits per heavy atom. The third kappa shape index (κ3) is 3.65. The predicted octanol–water partition coefficient (Wildman–Crippen LogP) is 2.70. The molecule has 0 radical (unpaired) electrons. The van der Waals surface area contributed by atoms with E-state index < -0.39 is 0 Å². The van der Waals surface area contributed by atoms with Crippen molar-refractivity contribution < 1.29 is 9.18 Å². The molecule has 0 aliphatic carbocycles. The van der Waals surface area contributed by atoms with Crippen LogP contribution < -0.4 is 5.32 Å². The third-order valence-corrected chi connectivity index (χ3v) is 2.55. The quantitative estimate of drug-likeness (QED) is 0.835. The van der Waals surface area contributed by atoms with Gasteiger partial charge < -0.3 is 5.32 Å². The second-order valence-electron chi connectivity index (χ2n) is 4.35. The van der Waals surface area contributed by atoms with Crippen molar-refractivity contribution in [3.8, 4) is 0 Å². The highest BCUT2D eigenvalue weighted by Gasteiger charge is 2.10. The summed E-state index contributed by atoms with van der Waals surface area (Å²) < 4.78 is 12.7. The fourth-order valence-corrected chi connectivity index (χ4v) is 1.37. The molecule has 16 heavy (non-hydrogen) atoms. The van der Waals surface area contributed by atoms with Gasteiger partial charge in [-0.25, -0.2) is 4.39 Å². The molecule has 0 bridgehead atoms. The summed E-state index contributed by atoms with van der Waals surface area (Å²) in [5.74, 6) is 0.0137. The van der Waals surface area contributed by atoms with Crippen molar-refractivity contribution in [3.63, 3.8) is 0 Å². The maximum Gasteiger partial charge on any atom is 0.222 e. The summed E-state index contributed by atoms with van der Waals surface area (Å²) in [4.78, 5) is 11.4. The molecule has 2 nitrogen and oxygen atoms in total. The second-order valence-corrected chi connectivity index (χ2v) is 4.35. The Labute approximate surface area is 95.9 Å². The molecule has 1 amide bonds. The first-order valence-electron chi connectivity index (χ1n) is 5.54. The molecule has 0 spiro atoms. The minimum absolute atomic E-state index is 0.000387. The number of amides is 1. The highest BCUT2D eigenvalue weighted by atomic mass is 19.1. The van der Waals surface area contributed by atoms with E-state index in [0.717, 1.165) is 5.56 Å². The van der Waals surface area contributed by atoms with Crippen LogP contribution in [0.4, 0.5) is 4.39 Å². The van der Waals surface area contributed by atoms with E-state index in [2.05, 4.69) is 5.32 Å². The lowest BCUT2D eigenvalue weighted by molar-refractivity contribution is -0.124. The standard InChI is InChI=1S/C13H18FNO/c1-9(2)13(16)15-8-10(3)11-4-6-12(14)7-5-11/h4-7,9-10H,8H2,1-3H3,(H,15,16). The number of carbonyl (C=O) groups is 1. The van der Waals surface area contributed by atoms with Crippen molar-refractivity contribution >= 4 is 5.91 Å². The van der Waals surface area contributed by atoms with Gasteiger partial charge in [0.05, 0.1) is 0 Å². The topological polar surface area (TPSA) is 29.1 Å². The average Bonchev–Trinajstić information content (AvgIpc) is 2.26. The first-order valence-corrected chi connectivity index (χ1v) is 5.54. The van der Waals surface area contributed by atoms with E-state index in [1.54, 1.807) is 12.1 Å². The van der Waals surface area contributed by atoms with E-state index in [0.29, 0.717) is 6.54 Å². The highest BCUT2D eigenvalue weighted by Crippen LogP contribution is 2.14. The van der Waals surface area contributed by atoms with Crippen LogP contribution in [0, 0.1) is 11.7 Å².